The second kappa shape index (κ2) is 5.32. The summed E-state index contributed by atoms with van der Waals surface area (Å²) in [5, 5.41) is 4.61. The van der Waals surface area contributed by atoms with Gasteiger partial charge >= 0.3 is 68.6 Å². The quantitative estimate of drug-likeness (QED) is 0.775. The van der Waals surface area contributed by atoms with Gasteiger partial charge in [-0.25, -0.2) is 0 Å². The Morgan fingerprint density at radius 3 is 2.10 bits per heavy atom. The molecule has 2 N–H and O–H groups in total. The third-order valence-electron chi connectivity index (χ3n) is 1.52. The Bertz CT molecular complexity index is 75.8. The van der Waals surface area contributed by atoms with Gasteiger partial charge < -0.3 is 0 Å². The molecule has 0 aliphatic heterocycles. The molecule has 0 saturated carbocycles. The van der Waals surface area contributed by atoms with Crippen molar-refractivity contribution < 1.29 is 16.3 Å². The topological polar surface area (TPSA) is 26.0 Å². The van der Waals surface area contributed by atoms with Gasteiger partial charge in [0.1, 0.15) is 0 Å². The van der Waals surface area contributed by atoms with Crippen LogP contribution in [0, 0.1) is 0 Å². The van der Waals surface area contributed by atoms with Crippen molar-refractivity contribution >= 4 is 0 Å². The molecule has 0 bridgehead atoms. The van der Waals surface area contributed by atoms with Crippen LogP contribution in [-0.4, -0.2) is 0 Å². The van der Waals surface area contributed by atoms with E-state index in [2.05, 4.69) is 17.6 Å². The summed E-state index contributed by atoms with van der Waals surface area (Å²) >= 11 is -1.84. The molecule has 10 heavy (non-hydrogen) atoms. The summed E-state index contributed by atoms with van der Waals surface area (Å²) in [6.45, 7) is 2.25. The number of unbranched alkanes of at least 4 members (excludes halogenated alkanes) is 3. The van der Waals surface area contributed by atoms with Crippen molar-refractivity contribution in [2.24, 2.45) is 4.29 Å². The molecule has 1 nitrogen and oxygen atoms in total. The van der Waals surface area contributed by atoms with Crippen LogP contribution in [0.1, 0.15) is 32.6 Å². The number of nitrogens with two attached hydrogens (primary N) is 1. The molecular weight excluding hydrogens is 294 g/mol. The van der Waals surface area contributed by atoms with Crippen molar-refractivity contribution in [3.8, 4) is 0 Å². The Morgan fingerprint density at radius 2 is 1.70 bits per heavy atom. The Hall–Kier alpha value is 0.648. The summed E-state index contributed by atoms with van der Waals surface area (Å²) in [6, 6.07) is 0. The van der Waals surface area contributed by atoms with Crippen LogP contribution in [0.4, 0.5) is 0 Å². The molecule has 0 aliphatic rings. The van der Waals surface area contributed by atoms with Crippen LogP contribution in [0.2, 0.25) is 15.4 Å². The molecular formula is C8H21NW. The summed E-state index contributed by atoms with van der Waals surface area (Å²) in [6.07, 6.45) is 5.50. The maximum absolute atomic E-state index is 6.03. The Morgan fingerprint density at radius 1 is 1.10 bits per heavy atom. The average Bonchev–Trinajstić information content (AvgIpc) is 1.78. The molecule has 2 heteroatoms. The standard InChI is InChI=1S/C6H13.2CH3.H2N.W/c1-3-5-6-4-2;;;;/h1,3-6H2,2H3;2*1H3;1H2;/q;;;-1;+1. The van der Waals surface area contributed by atoms with Gasteiger partial charge in [0.2, 0.25) is 0 Å². The van der Waals surface area contributed by atoms with E-state index in [0.29, 0.717) is 0 Å². The zero-order valence-electron chi connectivity index (χ0n) is 7.52. The summed E-state index contributed by atoms with van der Waals surface area (Å²) in [5.74, 6) is 0. The molecule has 0 radical (unpaired) electrons. The molecule has 0 unspecified atom stereocenters. The molecule has 0 aromatic heterocycles. The van der Waals surface area contributed by atoms with Crippen LogP contribution in [-0.2, 0) is 16.3 Å². The average molecular weight is 315 g/mol. The van der Waals surface area contributed by atoms with Crippen LogP contribution in [0.15, 0.2) is 0 Å². The van der Waals surface area contributed by atoms with Crippen LogP contribution in [0.5, 0.6) is 0 Å². The van der Waals surface area contributed by atoms with E-state index in [1.165, 1.54) is 30.5 Å². The van der Waals surface area contributed by atoms with Gasteiger partial charge in [0, 0.05) is 0 Å². The molecule has 0 amide bonds. The van der Waals surface area contributed by atoms with Crippen molar-refractivity contribution in [3.05, 3.63) is 0 Å². The van der Waals surface area contributed by atoms with Crippen molar-refractivity contribution in [2.45, 2.75) is 48.0 Å². The third kappa shape index (κ3) is 8.65. The first-order valence-corrected chi connectivity index (χ1v) is 13.7. The zero-order valence-corrected chi connectivity index (χ0v) is 10.5. The number of hydrogen-bond donors (Lipinski definition) is 1. The first-order valence-electron chi connectivity index (χ1n) is 4.05. The Kier molecular flexibility index (Phi) is 5.66. The molecule has 0 rings (SSSR count). The summed E-state index contributed by atoms with van der Waals surface area (Å²) in [7, 11) is 0. The second-order valence-corrected chi connectivity index (χ2v) is 16.5. The van der Waals surface area contributed by atoms with Crippen molar-refractivity contribution in [2.75, 3.05) is 0 Å². The fourth-order valence-electron chi connectivity index (χ4n) is 0.901. The molecule has 0 aromatic carbocycles. The first-order chi connectivity index (χ1) is 4.56. The van der Waals surface area contributed by atoms with Gasteiger partial charge in [-0.3, -0.25) is 0 Å². The molecule has 0 fully saturated rings. The van der Waals surface area contributed by atoms with Crippen LogP contribution < -0.4 is 4.29 Å². The van der Waals surface area contributed by atoms with Gasteiger partial charge in [0.25, 0.3) is 0 Å². The minimum absolute atomic E-state index is 1.33. The second-order valence-electron chi connectivity index (χ2n) is 3.39. The molecule has 0 atom stereocenters. The predicted octanol–water partition coefficient (Wildman–Crippen LogP) is 3.11. The molecule has 64 valence electrons. The molecule has 0 heterocycles. The molecule has 0 spiro atoms. The third-order valence-corrected chi connectivity index (χ3v) is 6.34. The Balaban J connectivity index is 3.04. The zero-order chi connectivity index (χ0) is 8.04. The van der Waals surface area contributed by atoms with Gasteiger partial charge in [-0.05, 0) is 0 Å². The van der Waals surface area contributed by atoms with E-state index in [-0.39, 0.29) is 0 Å². The summed E-state index contributed by atoms with van der Waals surface area (Å²) in [5.41, 5.74) is 0. The van der Waals surface area contributed by atoms with Crippen molar-refractivity contribution in [1.82, 2.24) is 0 Å². The fourth-order valence-corrected chi connectivity index (χ4v) is 4.31. The molecule has 0 saturated heterocycles. The molecule has 0 aromatic rings. The van der Waals surface area contributed by atoms with E-state index in [9.17, 15) is 0 Å². The number of hydrogen-bond acceptors (Lipinski definition) is 1. The summed E-state index contributed by atoms with van der Waals surface area (Å²) < 4.78 is 6.03. The predicted molar refractivity (Wildman–Crippen MR) is 44.9 cm³/mol. The van der Waals surface area contributed by atoms with E-state index < -0.39 is 16.3 Å². The Labute approximate surface area is 68.9 Å². The van der Waals surface area contributed by atoms with Gasteiger partial charge in [0.15, 0.2) is 0 Å². The van der Waals surface area contributed by atoms with Crippen molar-refractivity contribution in [3.63, 3.8) is 0 Å². The number of rotatable bonds is 5. The van der Waals surface area contributed by atoms with E-state index in [1.54, 1.807) is 0 Å². The van der Waals surface area contributed by atoms with E-state index in [0.717, 1.165) is 0 Å². The van der Waals surface area contributed by atoms with Gasteiger partial charge in [-0.1, -0.05) is 0 Å². The van der Waals surface area contributed by atoms with Crippen molar-refractivity contribution in [1.29, 1.82) is 0 Å². The van der Waals surface area contributed by atoms with Crippen LogP contribution in [0.3, 0.4) is 0 Å². The van der Waals surface area contributed by atoms with E-state index in [1.807, 2.05) is 0 Å². The molecule has 0 aliphatic carbocycles. The van der Waals surface area contributed by atoms with Crippen LogP contribution >= 0.6 is 0 Å². The maximum atomic E-state index is 6.03. The van der Waals surface area contributed by atoms with E-state index >= 15 is 0 Å². The SMILES string of the molecule is CCCCC[CH2][W]([CH3])([CH3])[NH2]. The first kappa shape index (κ1) is 10.6. The van der Waals surface area contributed by atoms with E-state index in [4.69, 9.17) is 4.29 Å². The fraction of sp³-hybridized carbons (Fsp3) is 1.00. The monoisotopic (exact) mass is 315 g/mol. The summed E-state index contributed by atoms with van der Waals surface area (Å²) in [4.78, 5) is 1.37. The van der Waals surface area contributed by atoms with Gasteiger partial charge in [-0.2, -0.15) is 0 Å². The van der Waals surface area contributed by atoms with Gasteiger partial charge in [-0.15, -0.1) is 0 Å². The minimum atomic E-state index is -1.84. The van der Waals surface area contributed by atoms with Crippen LogP contribution in [0.25, 0.3) is 0 Å². The van der Waals surface area contributed by atoms with Gasteiger partial charge in [0.05, 0.1) is 0 Å². The normalized spacial score (nSPS) is 13.6.